The largest absolute Gasteiger partial charge is 0.508 e. The number of phenols is 2. The number of phenolic OH excluding ortho intramolecular Hbond substituents is 2. The molecule has 11 nitrogen and oxygen atoms in total. The smallest absolute Gasteiger partial charge is 0.312 e. The molecule has 0 spiro atoms. The van der Waals surface area contributed by atoms with Gasteiger partial charge in [0.25, 0.3) is 0 Å². The molecule has 4 aliphatic carbocycles. The lowest BCUT2D eigenvalue weighted by molar-refractivity contribution is -0.162. The SMILES string of the molecule is CCCC1CNC(=O)C(=O)N1CC1CCCN1CC(Cc1ccc(O)cc1)N1CC(Cc2ccc(O)cc2)N(CCC23CC4CC(CC(C4)C2)C3)C(=O)C1=O. The van der Waals surface area contributed by atoms with Crippen LogP contribution in [0.15, 0.2) is 48.5 Å². The fraction of sp³-hybridized carbons (Fsp3) is 0.636. The number of aromatic hydroxyl groups is 2. The van der Waals surface area contributed by atoms with E-state index in [1.54, 1.807) is 29.2 Å². The van der Waals surface area contributed by atoms with E-state index in [9.17, 15) is 29.4 Å². The molecule has 4 unspecified atom stereocenters. The fourth-order valence-electron chi connectivity index (χ4n) is 12.0. The van der Waals surface area contributed by atoms with Crippen molar-refractivity contribution >= 4 is 23.6 Å². The highest BCUT2D eigenvalue weighted by Gasteiger charge is 2.52. The monoisotopic (exact) mass is 753 g/mol. The first kappa shape index (κ1) is 37.8. The average molecular weight is 754 g/mol. The van der Waals surface area contributed by atoms with Crippen molar-refractivity contribution in [3.63, 3.8) is 0 Å². The Morgan fingerprint density at radius 3 is 2.05 bits per heavy atom. The van der Waals surface area contributed by atoms with Gasteiger partial charge in [0.15, 0.2) is 0 Å². The first-order chi connectivity index (χ1) is 26.6. The third kappa shape index (κ3) is 8.09. The molecule has 3 saturated heterocycles. The van der Waals surface area contributed by atoms with E-state index < -0.39 is 23.6 Å². The van der Waals surface area contributed by atoms with E-state index in [1.165, 1.54) is 38.5 Å². The summed E-state index contributed by atoms with van der Waals surface area (Å²) in [5.74, 6) is 0.888. The molecule has 0 radical (unpaired) electrons. The normalized spacial score (nSPS) is 31.4. The van der Waals surface area contributed by atoms with Crippen molar-refractivity contribution in [1.29, 1.82) is 0 Å². The van der Waals surface area contributed by atoms with Crippen LogP contribution in [-0.4, -0.2) is 117 Å². The zero-order valence-electron chi connectivity index (χ0n) is 32.4. The van der Waals surface area contributed by atoms with Crippen molar-refractivity contribution in [3.8, 4) is 11.5 Å². The predicted octanol–water partition coefficient (Wildman–Crippen LogP) is 4.49. The van der Waals surface area contributed by atoms with Gasteiger partial charge < -0.3 is 30.2 Å². The molecule has 2 aromatic carbocycles. The number of rotatable bonds is 14. The molecule has 3 heterocycles. The van der Waals surface area contributed by atoms with Crippen LogP contribution in [0.25, 0.3) is 0 Å². The molecule has 4 saturated carbocycles. The number of hydrogen-bond donors (Lipinski definition) is 3. The molecule has 11 heteroatoms. The van der Waals surface area contributed by atoms with E-state index in [4.69, 9.17) is 0 Å². The molecule has 9 rings (SSSR count). The number of hydrogen-bond acceptors (Lipinski definition) is 7. The van der Waals surface area contributed by atoms with E-state index in [0.717, 1.165) is 67.5 Å². The van der Waals surface area contributed by atoms with Crippen molar-refractivity contribution in [2.75, 3.05) is 39.3 Å². The zero-order chi connectivity index (χ0) is 38.3. The van der Waals surface area contributed by atoms with Crippen molar-refractivity contribution < 1.29 is 29.4 Å². The minimum Gasteiger partial charge on any atom is -0.508 e. The highest BCUT2D eigenvalue weighted by molar-refractivity contribution is 6.36. The Hall–Kier alpha value is -4.12. The van der Waals surface area contributed by atoms with Gasteiger partial charge in [0.1, 0.15) is 11.5 Å². The number of piperazine rings is 2. The van der Waals surface area contributed by atoms with Gasteiger partial charge in [0, 0.05) is 50.8 Å². The van der Waals surface area contributed by atoms with E-state index in [0.29, 0.717) is 45.6 Å². The molecule has 4 amide bonds. The summed E-state index contributed by atoms with van der Waals surface area (Å²) in [6, 6.07) is 13.7. The molecule has 4 bridgehead atoms. The van der Waals surface area contributed by atoms with Crippen LogP contribution in [0, 0.1) is 23.2 Å². The summed E-state index contributed by atoms with van der Waals surface area (Å²) in [7, 11) is 0. The maximum Gasteiger partial charge on any atom is 0.312 e. The number of nitrogens with one attached hydrogen (secondary N) is 1. The Morgan fingerprint density at radius 1 is 0.782 bits per heavy atom. The summed E-state index contributed by atoms with van der Waals surface area (Å²) in [5.41, 5.74) is 2.25. The summed E-state index contributed by atoms with van der Waals surface area (Å²) in [4.78, 5) is 62.5. The standard InChI is InChI=1S/C44H59N5O6/c1-2-4-34-25-45-40(52)41(53)48(34)27-35-5-3-15-46(35)26-36(20-29-6-10-38(50)11-7-29)49-28-37(21-30-8-12-39(51)13-9-30)47(42(54)43(49)55)16-14-44-22-31-17-32(23-44)19-33(18-31)24-44/h6-13,31-37,50-51H,2-5,14-28H2,1H3,(H,45,52). The van der Waals surface area contributed by atoms with Crippen LogP contribution in [0.1, 0.15) is 88.7 Å². The Bertz CT molecular complexity index is 1700. The molecule has 3 aliphatic heterocycles. The third-order valence-corrected chi connectivity index (χ3v) is 14.2. The molecular weight excluding hydrogens is 695 g/mol. The summed E-state index contributed by atoms with van der Waals surface area (Å²) in [5, 5.41) is 22.9. The Labute approximate surface area is 325 Å². The van der Waals surface area contributed by atoms with Gasteiger partial charge in [-0.05, 0) is 142 Å². The van der Waals surface area contributed by atoms with E-state index in [2.05, 4.69) is 17.1 Å². The van der Waals surface area contributed by atoms with Gasteiger partial charge in [-0.25, -0.2) is 0 Å². The van der Waals surface area contributed by atoms with Crippen LogP contribution in [-0.2, 0) is 32.0 Å². The van der Waals surface area contributed by atoms with Crippen LogP contribution in [0.5, 0.6) is 11.5 Å². The average Bonchev–Trinajstić information content (AvgIpc) is 3.60. The first-order valence-electron chi connectivity index (χ1n) is 21.1. The second-order valence-corrected chi connectivity index (χ2v) is 18.1. The Morgan fingerprint density at radius 2 is 1.42 bits per heavy atom. The molecule has 3 N–H and O–H groups in total. The maximum absolute atomic E-state index is 14.5. The molecule has 55 heavy (non-hydrogen) atoms. The highest BCUT2D eigenvalue weighted by Crippen LogP contribution is 2.61. The predicted molar refractivity (Wildman–Crippen MR) is 208 cm³/mol. The van der Waals surface area contributed by atoms with Gasteiger partial charge in [0.05, 0.1) is 6.04 Å². The Balaban J connectivity index is 1.05. The molecule has 4 atom stereocenters. The molecule has 296 valence electrons. The van der Waals surface area contributed by atoms with Gasteiger partial charge >= 0.3 is 23.6 Å². The number of likely N-dealkylation sites (tertiary alicyclic amines) is 1. The van der Waals surface area contributed by atoms with Crippen molar-refractivity contribution in [3.05, 3.63) is 59.7 Å². The van der Waals surface area contributed by atoms with Crippen LogP contribution < -0.4 is 5.32 Å². The van der Waals surface area contributed by atoms with Crippen LogP contribution >= 0.6 is 0 Å². The van der Waals surface area contributed by atoms with E-state index >= 15 is 0 Å². The molecule has 7 fully saturated rings. The van der Waals surface area contributed by atoms with Gasteiger partial charge in [-0.3, -0.25) is 24.1 Å². The summed E-state index contributed by atoms with van der Waals surface area (Å²) >= 11 is 0. The van der Waals surface area contributed by atoms with Crippen LogP contribution in [0.2, 0.25) is 0 Å². The van der Waals surface area contributed by atoms with E-state index in [-0.39, 0.29) is 41.1 Å². The molecule has 7 aliphatic rings. The zero-order valence-corrected chi connectivity index (χ0v) is 32.4. The lowest BCUT2D eigenvalue weighted by atomic mass is 9.49. The Kier molecular flexibility index (Phi) is 10.8. The number of carbonyl (C=O) groups is 4. The lowest BCUT2D eigenvalue weighted by Gasteiger charge is -2.57. The number of benzene rings is 2. The van der Waals surface area contributed by atoms with Crippen LogP contribution in [0.3, 0.4) is 0 Å². The highest BCUT2D eigenvalue weighted by atomic mass is 16.3. The quantitative estimate of drug-likeness (QED) is 0.242. The number of amides is 4. The minimum absolute atomic E-state index is 0.0247. The van der Waals surface area contributed by atoms with Gasteiger partial charge in [0.2, 0.25) is 0 Å². The topological polar surface area (TPSA) is 134 Å². The minimum atomic E-state index is -0.549. The van der Waals surface area contributed by atoms with Gasteiger partial charge in [-0.1, -0.05) is 37.6 Å². The van der Waals surface area contributed by atoms with Crippen molar-refractivity contribution in [2.45, 2.75) is 115 Å². The molecule has 0 aromatic heterocycles. The first-order valence-corrected chi connectivity index (χ1v) is 21.1. The summed E-state index contributed by atoms with van der Waals surface area (Å²) in [6.45, 7) is 5.31. The fourth-order valence-corrected chi connectivity index (χ4v) is 12.0. The molecule has 2 aromatic rings. The number of carbonyl (C=O) groups excluding carboxylic acids is 4. The third-order valence-electron chi connectivity index (χ3n) is 14.2. The lowest BCUT2D eigenvalue weighted by Crippen LogP contribution is -2.65. The maximum atomic E-state index is 14.5. The van der Waals surface area contributed by atoms with Gasteiger partial charge in [-0.15, -0.1) is 0 Å². The molecular formula is C44H59N5O6. The van der Waals surface area contributed by atoms with Crippen molar-refractivity contribution in [2.24, 2.45) is 23.2 Å². The number of nitrogens with zero attached hydrogens (tertiary/aromatic N) is 4. The van der Waals surface area contributed by atoms with Crippen molar-refractivity contribution in [1.82, 2.24) is 24.9 Å². The van der Waals surface area contributed by atoms with Gasteiger partial charge in [-0.2, -0.15) is 0 Å². The second kappa shape index (κ2) is 15.8. The van der Waals surface area contributed by atoms with E-state index in [1.807, 2.05) is 34.1 Å². The second-order valence-electron chi connectivity index (χ2n) is 18.1. The van der Waals surface area contributed by atoms with Crippen LogP contribution in [0.4, 0.5) is 0 Å². The summed E-state index contributed by atoms with van der Waals surface area (Å²) in [6.07, 6.45) is 13.4. The summed E-state index contributed by atoms with van der Waals surface area (Å²) < 4.78 is 0.